The average Bonchev–Trinajstić information content (AvgIpc) is 1.63. The van der Waals surface area contributed by atoms with E-state index in [-0.39, 0.29) is 0 Å². The van der Waals surface area contributed by atoms with Crippen molar-refractivity contribution in [3.63, 3.8) is 0 Å². The number of hydrogen-bond donors (Lipinski definition) is 2. The zero-order chi connectivity index (χ0) is 8.73. The summed E-state index contributed by atoms with van der Waals surface area (Å²) in [5.74, 6) is -1.69. The number of aliphatic hydroxyl groups is 1. The van der Waals surface area contributed by atoms with Gasteiger partial charge < -0.3 is 10.2 Å². The predicted molar refractivity (Wildman–Crippen MR) is 31.1 cm³/mol. The Bertz CT molecular complexity index is 117. The van der Waals surface area contributed by atoms with Gasteiger partial charge in [0.15, 0.2) is 5.78 Å². The van der Waals surface area contributed by atoms with E-state index in [1.165, 1.54) is 0 Å². The number of ketones is 1. The molecular weight excluding hydrogens is 143 g/mol. The summed E-state index contributed by atoms with van der Waals surface area (Å²) in [4.78, 5) is 18.5. The van der Waals surface area contributed by atoms with Crippen LogP contribution in [-0.2, 0) is 9.59 Å². The number of carbonyl (C=O) groups is 2. The number of hydrogen-bond acceptors (Lipinski definition) is 3. The number of carboxylic acid groups (broad SMARTS) is 1. The highest BCUT2D eigenvalue weighted by molar-refractivity contribution is 5.78. The van der Waals surface area contributed by atoms with Crippen molar-refractivity contribution in [1.29, 1.82) is 0 Å². The minimum atomic E-state index is -2.29. The smallest absolute Gasteiger partial charge is 0.300 e. The largest absolute Gasteiger partial charge is 0.481 e. The number of rotatable bonds is 1. The summed E-state index contributed by atoms with van der Waals surface area (Å²) in [6.45, 7) is 2.06. The summed E-state index contributed by atoms with van der Waals surface area (Å²) in [6.07, 6.45) is -2.29. The molecule has 5 heteroatoms. The van der Waals surface area contributed by atoms with Crippen LogP contribution in [-0.4, -0.2) is 28.3 Å². The fourth-order valence-electron chi connectivity index (χ4n) is 0. The Labute approximate surface area is 57.3 Å². The number of carboxylic acids is 1. The van der Waals surface area contributed by atoms with E-state index in [1.807, 2.05) is 0 Å². The van der Waals surface area contributed by atoms with Crippen LogP contribution in [0.2, 0.25) is 0 Å². The molecule has 0 aliphatic carbocycles. The van der Waals surface area contributed by atoms with Crippen LogP contribution in [0.1, 0.15) is 13.8 Å². The van der Waals surface area contributed by atoms with Crippen LogP contribution in [0.15, 0.2) is 0 Å². The Balaban J connectivity index is 0. The molecular formula is C5H9FO4. The molecule has 0 heterocycles. The van der Waals surface area contributed by atoms with Gasteiger partial charge in [-0.1, -0.05) is 0 Å². The van der Waals surface area contributed by atoms with Crippen LogP contribution in [0.4, 0.5) is 4.39 Å². The number of Topliss-reactive ketones (excluding diaryl/α,β-unsaturated/α-hetero) is 1. The number of aliphatic hydroxyl groups excluding tert-OH is 1. The van der Waals surface area contributed by atoms with Gasteiger partial charge in [0.25, 0.3) is 12.3 Å². The van der Waals surface area contributed by atoms with Crippen molar-refractivity contribution in [2.24, 2.45) is 0 Å². The molecule has 0 radical (unpaired) electrons. The van der Waals surface area contributed by atoms with Crippen LogP contribution in [0.5, 0.6) is 0 Å². The lowest BCUT2D eigenvalue weighted by atomic mass is 10.5. The number of aliphatic carboxylic acids is 1. The van der Waals surface area contributed by atoms with Crippen LogP contribution in [0.25, 0.3) is 0 Å². The van der Waals surface area contributed by atoms with Crippen molar-refractivity contribution in [2.45, 2.75) is 20.2 Å². The van der Waals surface area contributed by atoms with Gasteiger partial charge in [-0.2, -0.15) is 0 Å². The molecule has 2 N–H and O–H groups in total. The van der Waals surface area contributed by atoms with E-state index in [4.69, 9.17) is 15.0 Å². The summed E-state index contributed by atoms with van der Waals surface area (Å²) in [5.41, 5.74) is 0. The minimum Gasteiger partial charge on any atom is -0.481 e. The zero-order valence-electron chi connectivity index (χ0n) is 5.67. The Morgan fingerprint density at radius 1 is 1.40 bits per heavy atom. The SMILES string of the molecule is CC(=O)C(O)F.CC(=O)O. The van der Waals surface area contributed by atoms with Gasteiger partial charge in [-0.05, 0) is 0 Å². The quantitative estimate of drug-likeness (QED) is 0.552. The van der Waals surface area contributed by atoms with Gasteiger partial charge in [0.2, 0.25) is 0 Å². The van der Waals surface area contributed by atoms with Crippen molar-refractivity contribution >= 4 is 11.8 Å². The van der Waals surface area contributed by atoms with Crippen molar-refractivity contribution in [3.05, 3.63) is 0 Å². The summed E-state index contributed by atoms with van der Waals surface area (Å²) < 4.78 is 11.0. The van der Waals surface area contributed by atoms with Gasteiger partial charge in [0.05, 0.1) is 0 Å². The second-order valence-electron chi connectivity index (χ2n) is 1.47. The van der Waals surface area contributed by atoms with Gasteiger partial charge in [0, 0.05) is 13.8 Å². The number of carbonyl (C=O) groups excluding carboxylic acids is 1. The normalized spacial score (nSPS) is 10.8. The van der Waals surface area contributed by atoms with Crippen LogP contribution < -0.4 is 0 Å². The molecule has 0 aromatic rings. The molecule has 0 aliphatic heterocycles. The summed E-state index contributed by atoms with van der Waals surface area (Å²) >= 11 is 0. The van der Waals surface area contributed by atoms with E-state index in [0.717, 1.165) is 13.8 Å². The molecule has 0 aromatic carbocycles. The molecule has 0 amide bonds. The Kier molecular flexibility index (Phi) is 7.25. The Morgan fingerprint density at radius 3 is 1.50 bits per heavy atom. The van der Waals surface area contributed by atoms with Crippen LogP contribution >= 0.6 is 0 Å². The first-order chi connectivity index (χ1) is 4.37. The van der Waals surface area contributed by atoms with Crippen molar-refractivity contribution in [1.82, 2.24) is 0 Å². The van der Waals surface area contributed by atoms with Crippen LogP contribution in [0.3, 0.4) is 0 Å². The Hall–Kier alpha value is -0.970. The summed E-state index contributed by atoms with van der Waals surface area (Å²) in [7, 11) is 0. The average molecular weight is 152 g/mol. The van der Waals surface area contributed by atoms with Crippen molar-refractivity contribution in [3.8, 4) is 0 Å². The fourth-order valence-corrected chi connectivity index (χ4v) is 0. The molecule has 0 bridgehead atoms. The lowest BCUT2D eigenvalue weighted by molar-refractivity contribution is -0.134. The summed E-state index contributed by atoms with van der Waals surface area (Å²) in [5, 5.41) is 15.0. The van der Waals surface area contributed by atoms with E-state index in [9.17, 15) is 9.18 Å². The lowest BCUT2D eigenvalue weighted by Crippen LogP contribution is -2.08. The third-order valence-corrected chi connectivity index (χ3v) is 0.335. The molecule has 0 saturated carbocycles. The van der Waals surface area contributed by atoms with Crippen molar-refractivity contribution in [2.75, 3.05) is 0 Å². The first kappa shape index (κ1) is 11.8. The predicted octanol–water partition coefficient (Wildman–Crippen LogP) is -0.0458. The third kappa shape index (κ3) is 27.8. The Morgan fingerprint density at radius 2 is 1.50 bits per heavy atom. The fraction of sp³-hybridized carbons (Fsp3) is 0.600. The van der Waals surface area contributed by atoms with E-state index >= 15 is 0 Å². The summed E-state index contributed by atoms with van der Waals surface area (Å²) in [6, 6.07) is 0. The van der Waals surface area contributed by atoms with E-state index in [0.29, 0.717) is 0 Å². The molecule has 0 rings (SSSR count). The second-order valence-corrected chi connectivity index (χ2v) is 1.47. The molecule has 1 unspecified atom stereocenters. The van der Waals surface area contributed by atoms with E-state index in [2.05, 4.69) is 0 Å². The standard InChI is InChI=1S/C3H5FO2.C2H4O2/c1-2(5)3(4)6;1-2(3)4/h3,6H,1H3;1H3,(H,3,4). The molecule has 0 saturated heterocycles. The molecule has 4 nitrogen and oxygen atoms in total. The second kappa shape index (κ2) is 6.15. The van der Waals surface area contributed by atoms with Gasteiger partial charge in [-0.15, -0.1) is 0 Å². The highest BCUT2D eigenvalue weighted by Gasteiger charge is 2.02. The first-order valence-corrected chi connectivity index (χ1v) is 2.40. The number of halogens is 1. The van der Waals surface area contributed by atoms with Gasteiger partial charge in [-0.3, -0.25) is 9.59 Å². The maximum absolute atomic E-state index is 11.0. The van der Waals surface area contributed by atoms with Gasteiger partial charge >= 0.3 is 0 Å². The molecule has 0 spiro atoms. The molecule has 10 heavy (non-hydrogen) atoms. The highest BCUT2D eigenvalue weighted by atomic mass is 19.1. The van der Waals surface area contributed by atoms with Gasteiger partial charge in [0.1, 0.15) is 0 Å². The number of alkyl halides is 1. The highest BCUT2D eigenvalue weighted by Crippen LogP contribution is 1.81. The van der Waals surface area contributed by atoms with E-state index < -0.39 is 18.1 Å². The first-order valence-electron chi connectivity index (χ1n) is 2.40. The van der Waals surface area contributed by atoms with E-state index in [1.54, 1.807) is 0 Å². The van der Waals surface area contributed by atoms with Crippen LogP contribution in [0, 0.1) is 0 Å². The maximum atomic E-state index is 11.0. The van der Waals surface area contributed by atoms with Crippen molar-refractivity contribution < 1.29 is 24.2 Å². The monoisotopic (exact) mass is 152 g/mol. The van der Waals surface area contributed by atoms with Gasteiger partial charge in [-0.25, -0.2) is 4.39 Å². The molecule has 0 aromatic heterocycles. The maximum Gasteiger partial charge on any atom is 0.300 e. The molecule has 60 valence electrons. The zero-order valence-corrected chi connectivity index (χ0v) is 5.67. The molecule has 0 aliphatic rings. The molecule has 1 atom stereocenters. The lowest BCUT2D eigenvalue weighted by Gasteiger charge is -1.86. The topological polar surface area (TPSA) is 74.6 Å². The third-order valence-electron chi connectivity index (χ3n) is 0.335. The molecule has 0 fully saturated rings. The minimum absolute atomic E-state index is 0.833.